The predicted molar refractivity (Wildman–Crippen MR) is 85.9 cm³/mol. The number of nitrogens with one attached hydrogen (secondary N) is 1. The molecule has 2 amide bonds. The molecule has 0 saturated heterocycles. The number of rotatable bonds is 4. The maximum absolute atomic E-state index is 12.2. The number of benzene rings is 1. The molecular weight excluding hydrogens is 318 g/mol. The molecule has 1 saturated carbocycles. The molecule has 1 N–H and O–H groups in total. The fourth-order valence-electron chi connectivity index (χ4n) is 2.16. The highest BCUT2D eigenvalue weighted by Gasteiger charge is 2.29. The highest BCUT2D eigenvalue weighted by molar-refractivity contribution is 6.34. The summed E-state index contributed by atoms with van der Waals surface area (Å²) in [5.74, 6) is 0.522. The van der Waals surface area contributed by atoms with Crippen molar-refractivity contribution in [2.45, 2.75) is 18.8 Å². The minimum atomic E-state index is -0.383. The van der Waals surface area contributed by atoms with Crippen LogP contribution >= 0.6 is 11.6 Å². The Labute approximate surface area is 138 Å². The standard InChI is InChI=1S/C16H16ClN3O3/c1-20(2)16(22)11-7-10(5-6-12(11)17)18-15(21)13-8-14(23-19-13)9-3-4-9/h5-9H,3-4H2,1-2H3,(H,18,21). The maximum Gasteiger partial charge on any atom is 0.277 e. The lowest BCUT2D eigenvalue weighted by Gasteiger charge is -2.13. The van der Waals surface area contributed by atoms with Gasteiger partial charge in [0.1, 0.15) is 5.76 Å². The van der Waals surface area contributed by atoms with Gasteiger partial charge in [0.05, 0.1) is 10.6 Å². The Bertz CT molecular complexity index is 766. The van der Waals surface area contributed by atoms with Gasteiger partial charge in [-0.3, -0.25) is 9.59 Å². The van der Waals surface area contributed by atoms with E-state index in [1.807, 2.05) is 0 Å². The first kappa shape index (κ1) is 15.6. The second-order valence-electron chi connectivity index (χ2n) is 5.74. The Morgan fingerprint density at radius 3 is 2.70 bits per heavy atom. The number of hydrogen-bond acceptors (Lipinski definition) is 4. The summed E-state index contributed by atoms with van der Waals surface area (Å²) in [6, 6.07) is 6.42. The Balaban J connectivity index is 1.77. The largest absolute Gasteiger partial charge is 0.360 e. The van der Waals surface area contributed by atoms with Gasteiger partial charge in [-0.1, -0.05) is 16.8 Å². The van der Waals surface area contributed by atoms with Crippen LogP contribution in [0.25, 0.3) is 0 Å². The number of hydrogen-bond donors (Lipinski definition) is 1. The Morgan fingerprint density at radius 2 is 2.04 bits per heavy atom. The lowest BCUT2D eigenvalue weighted by Crippen LogP contribution is -2.22. The Hall–Kier alpha value is -2.34. The van der Waals surface area contributed by atoms with Crippen LogP contribution in [0.1, 0.15) is 45.4 Å². The molecule has 7 heteroatoms. The molecule has 0 aliphatic heterocycles. The topological polar surface area (TPSA) is 75.4 Å². The summed E-state index contributed by atoms with van der Waals surface area (Å²) in [5, 5.41) is 6.82. The van der Waals surface area contributed by atoms with E-state index in [4.69, 9.17) is 16.1 Å². The SMILES string of the molecule is CN(C)C(=O)c1cc(NC(=O)c2cc(C3CC3)on2)ccc1Cl. The van der Waals surface area contributed by atoms with Crippen LogP contribution in [0, 0.1) is 0 Å². The normalized spacial score (nSPS) is 13.7. The lowest BCUT2D eigenvalue weighted by molar-refractivity contribution is 0.0827. The van der Waals surface area contributed by atoms with Crippen LogP contribution in [-0.2, 0) is 0 Å². The number of carbonyl (C=O) groups is 2. The number of amides is 2. The van der Waals surface area contributed by atoms with E-state index in [9.17, 15) is 9.59 Å². The number of anilines is 1. The lowest BCUT2D eigenvalue weighted by atomic mass is 10.1. The second-order valence-corrected chi connectivity index (χ2v) is 6.14. The van der Waals surface area contributed by atoms with Crippen molar-refractivity contribution >= 4 is 29.1 Å². The average molecular weight is 334 g/mol. The van der Waals surface area contributed by atoms with Crippen LogP contribution in [0.3, 0.4) is 0 Å². The highest BCUT2D eigenvalue weighted by Crippen LogP contribution is 2.40. The molecule has 23 heavy (non-hydrogen) atoms. The first-order valence-electron chi connectivity index (χ1n) is 7.25. The molecule has 3 rings (SSSR count). The number of halogens is 1. The summed E-state index contributed by atoms with van der Waals surface area (Å²) in [4.78, 5) is 25.7. The third-order valence-corrected chi connectivity index (χ3v) is 3.93. The zero-order valence-electron chi connectivity index (χ0n) is 12.8. The molecule has 0 radical (unpaired) electrons. The number of carbonyl (C=O) groups excluding carboxylic acids is 2. The summed E-state index contributed by atoms with van der Waals surface area (Å²) >= 11 is 6.05. The van der Waals surface area contributed by atoms with E-state index < -0.39 is 0 Å². The molecule has 0 bridgehead atoms. The van der Waals surface area contributed by atoms with Gasteiger partial charge in [-0.25, -0.2) is 0 Å². The van der Waals surface area contributed by atoms with Crippen molar-refractivity contribution in [1.29, 1.82) is 0 Å². The fourth-order valence-corrected chi connectivity index (χ4v) is 2.36. The van der Waals surface area contributed by atoms with Gasteiger partial charge in [-0.05, 0) is 31.0 Å². The minimum absolute atomic E-state index is 0.224. The van der Waals surface area contributed by atoms with Gasteiger partial charge in [0.2, 0.25) is 0 Å². The predicted octanol–water partition coefficient (Wildman–Crippen LogP) is 3.16. The third kappa shape index (κ3) is 3.37. The summed E-state index contributed by atoms with van der Waals surface area (Å²) < 4.78 is 5.17. The molecular formula is C16H16ClN3O3. The Kier molecular flexibility index (Phi) is 4.09. The number of nitrogens with zero attached hydrogens (tertiary/aromatic N) is 2. The zero-order valence-corrected chi connectivity index (χ0v) is 13.6. The molecule has 1 aliphatic carbocycles. The monoisotopic (exact) mass is 333 g/mol. The van der Waals surface area contributed by atoms with E-state index in [0.717, 1.165) is 18.6 Å². The highest BCUT2D eigenvalue weighted by atomic mass is 35.5. The van der Waals surface area contributed by atoms with Crippen molar-refractivity contribution in [3.8, 4) is 0 Å². The van der Waals surface area contributed by atoms with Crippen LogP contribution in [-0.4, -0.2) is 36.0 Å². The quantitative estimate of drug-likeness (QED) is 0.932. The summed E-state index contributed by atoms with van der Waals surface area (Å²) in [6.45, 7) is 0. The fraction of sp³-hybridized carbons (Fsp3) is 0.312. The van der Waals surface area contributed by atoms with Gasteiger partial charge in [-0.15, -0.1) is 0 Å². The van der Waals surface area contributed by atoms with Crippen molar-refractivity contribution in [2.24, 2.45) is 0 Å². The average Bonchev–Trinajstić information content (AvgIpc) is 3.25. The first-order chi connectivity index (χ1) is 11.0. The van der Waals surface area contributed by atoms with Crippen molar-refractivity contribution in [3.63, 3.8) is 0 Å². The van der Waals surface area contributed by atoms with Gasteiger partial charge in [0, 0.05) is 31.8 Å². The van der Waals surface area contributed by atoms with Gasteiger partial charge in [0.15, 0.2) is 5.69 Å². The molecule has 1 aliphatic rings. The molecule has 1 heterocycles. The van der Waals surface area contributed by atoms with E-state index >= 15 is 0 Å². The van der Waals surface area contributed by atoms with Crippen LogP contribution in [0.5, 0.6) is 0 Å². The van der Waals surface area contributed by atoms with E-state index in [0.29, 0.717) is 22.2 Å². The van der Waals surface area contributed by atoms with Crippen molar-refractivity contribution in [2.75, 3.05) is 19.4 Å². The van der Waals surface area contributed by atoms with Gasteiger partial charge in [0.25, 0.3) is 11.8 Å². The van der Waals surface area contributed by atoms with Crippen molar-refractivity contribution in [3.05, 3.63) is 46.3 Å². The molecule has 0 atom stereocenters. The minimum Gasteiger partial charge on any atom is -0.360 e. The van der Waals surface area contributed by atoms with Gasteiger partial charge in [-0.2, -0.15) is 0 Å². The van der Waals surface area contributed by atoms with Gasteiger partial charge < -0.3 is 14.7 Å². The van der Waals surface area contributed by atoms with Crippen LogP contribution in [0.2, 0.25) is 5.02 Å². The molecule has 2 aromatic rings. The zero-order chi connectivity index (χ0) is 16.6. The summed E-state index contributed by atoms with van der Waals surface area (Å²) in [5.41, 5.74) is 1.02. The molecule has 1 fully saturated rings. The second kappa shape index (κ2) is 6.04. The molecule has 6 nitrogen and oxygen atoms in total. The summed E-state index contributed by atoms with van der Waals surface area (Å²) in [6.07, 6.45) is 2.15. The van der Waals surface area contributed by atoms with Gasteiger partial charge >= 0.3 is 0 Å². The van der Waals surface area contributed by atoms with Crippen LogP contribution in [0.4, 0.5) is 5.69 Å². The van der Waals surface area contributed by atoms with Crippen LogP contribution < -0.4 is 5.32 Å². The smallest absolute Gasteiger partial charge is 0.277 e. The van der Waals surface area contributed by atoms with Crippen molar-refractivity contribution in [1.82, 2.24) is 10.1 Å². The molecule has 0 unspecified atom stereocenters. The van der Waals surface area contributed by atoms with E-state index in [2.05, 4.69) is 10.5 Å². The maximum atomic E-state index is 12.2. The van der Waals surface area contributed by atoms with E-state index in [1.54, 1.807) is 38.4 Å². The van der Waals surface area contributed by atoms with E-state index in [-0.39, 0.29) is 17.5 Å². The molecule has 0 spiro atoms. The Morgan fingerprint density at radius 1 is 1.30 bits per heavy atom. The third-order valence-electron chi connectivity index (χ3n) is 3.60. The van der Waals surface area contributed by atoms with Crippen molar-refractivity contribution < 1.29 is 14.1 Å². The summed E-state index contributed by atoms with van der Waals surface area (Å²) in [7, 11) is 3.28. The molecule has 120 valence electrons. The molecule has 1 aromatic carbocycles. The number of aromatic nitrogens is 1. The van der Waals surface area contributed by atoms with Crippen LogP contribution in [0.15, 0.2) is 28.8 Å². The molecule has 1 aromatic heterocycles. The first-order valence-corrected chi connectivity index (χ1v) is 7.62. The van der Waals surface area contributed by atoms with E-state index in [1.165, 1.54) is 4.90 Å².